The van der Waals surface area contributed by atoms with E-state index in [1.54, 1.807) is 13.8 Å². The average molecular weight is 236 g/mol. The lowest BCUT2D eigenvalue weighted by molar-refractivity contribution is -0.0125. The fraction of sp³-hybridized carbons (Fsp3) is 0.900. The van der Waals surface area contributed by atoms with Crippen molar-refractivity contribution in [1.29, 1.82) is 0 Å². The van der Waals surface area contributed by atoms with Gasteiger partial charge < -0.3 is 15.7 Å². The van der Waals surface area contributed by atoms with Crippen LogP contribution in [0.3, 0.4) is 0 Å². The van der Waals surface area contributed by atoms with Gasteiger partial charge in [0.25, 0.3) is 5.92 Å². The van der Waals surface area contributed by atoms with Gasteiger partial charge in [0, 0.05) is 18.5 Å². The standard InChI is InChI=1S/C10H18F2N2O2/c1-9(2)3-7(4-10(11,12)6-13)5-14(9)8(15)16/h7H,3-6,13H2,1-2H3,(H,15,16). The van der Waals surface area contributed by atoms with E-state index < -0.39 is 24.1 Å². The Balaban J connectivity index is 2.66. The van der Waals surface area contributed by atoms with Gasteiger partial charge in [-0.05, 0) is 26.2 Å². The molecule has 1 saturated heterocycles. The number of nitrogens with zero attached hydrogens (tertiary/aromatic N) is 1. The molecular formula is C10H18F2N2O2. The van der Waals surface area contributed by atoms with Gasteiger partial charge in [0.2, 0.25) is 0 Å². The monoisotopic (exact) mass is 236 g/mol. The Morgan fingerprint density at radius 1 is 1.62 bits per heavy atom. The molecule has 1 aliphatic heterocycles. The first kappa shape index (κ1) is 13.2. The topological polar surface area (TPSA) is 66.6 Å². The Labute approximate surface area is 93.4 Å². The lowest BCUT2D eigenvalue weighted by Gasteiger charge is -2.28. The summed E-state index contributed by atoms with van der Waals surface area (Å²) < 4.78 is 26.2. The summed E-state index contributed by atoms with van der Waals surface area (Å²) in [5, 5.41) is 8.94. The van der Waals surface area contributed by atoms with Gasteiger partial charge in [-0.2, -0.15) is 0 Å². The van der Waals surface area contributed by atoms with Gasteiger partial charge in [-0.3, -0.25) is 0 Å². The molecule has 0 bridgehead atoms. The highest BCUT2D eigenvalue weighted by molar-refractivity contribution is 5.66. The van der Waals surface area contributed by atoms with Crippen molar-refractivity contribution in [1.82, 2.24) is 4.90 Å². The van der Waals surface area contributed by atoms with E-state index in [0.717, 1.165) is 0 Å². The summed E-state index contributed by atoms with van der Waals surface area (Å²) in [6.07, 6.45) is -0.936. The van der Waals surface area contributed by atoms with Gasteiger partial charge in [-0.15, -0.1) is 0 Å². The third kappa shape index (κ3) is 2.81. The first-order chi connectivity index (χ1) is 7.18. The van der Waals surface area contributed by atoms with Gasteiger partial charge in [-0.25, -0.2) is 13.6 Å². The largest absolute Gasteiger partial charge is 0.465 e. The third-order valence-corrected chi connectivity index (χ3v) is 3.08. The summed E-state index contributed by atoms with van der Waals surface area (Å²) in [6.45, 7) is 2.98. The Kier molecular flexibility index (Phi) is 3.42. The summed E-state index contributed by atoms with van der Waals surface area (Å²) in [7, 11) is 0. The van der Waals surface area contributed by atoms with Crippen molar-refractivity contribution in [3.8, 4) is 0 Å². The number of alkyl halides is 2. The fourth-order valence-electron chi connectivity index (χ4n) is 2.37. The maximum absolute atomic E-state index is 13.1. The van der Waals surface area contributed by atoms with Crippen LogP contribution in [0.5, 0.6) is 0 Å². The molecule has 0 aromatic carbocycles. The fourth-order valence-corrected chi connectivity index (χ4v) is 2.37. The molecule has 94 valence electrons. The molecule has 3 N–H and O–H groups in total. The predicted molar refractivity (Wildman–Crippen MR) is 55.5 cm³/mol. The van der Waals surface area contributed by atoms with Crippen LogP contribution >= 0.6 is 0 Å². The van der Waals surface area contributed by atoms with Crippen LogP contribution in [0.15, 0.2) is 0 Å². The van der Waals surface area contributed by atoms with Crippen molar-refractivity contribution in [3.63, 3.8) is 0 Å². The number of hydrogen-bond donors (Lipinski definition) is 2. The Morgan fingerprint density at radius 3 is 2.56 bits per heavy atom. The van der Waals surface area contributed by atoms with E-state index in [1.165, 1.54) is 4.90 Å². The van der Waals surface area contributed by atoms with Crippen LogP contribution in [0.25, 0.3) is 0 Å². The van der Waals surface area contributed by atoms with Crippen LogP contribution in [0, 0.1) is 5.92 Å². The molecule has 4 nitrogen and oxygen atoms in total. The van der Waals surface area contributed by atoms with Crippen molar-refractivity contribution in [2.24, 2.45) is 11.7 Å². The highest BCUT2D eigenvalue weighted by Gasteiger charge is 2.44. The highest BCUT2D eigenvalue weighted by Crippen LogP contribution is 2.37. The van der Waals surface area contributed by atoms with E-state index in [1.807, 2.05) is 0 Å². The number of amides is 1. The summed E-state index contributed by atoms with van der Waals surface area (Å²) in [6, 6.07) is 0. The van der Waals surface area contributed by atoms with E-state index in [4.69, 9.17) is 10.8 Å². The molecule has 0 spiro atoms. The molecular weight excluding hydrogens is 218 g/mol. The third-order valence-electron chi connectivity index (χ3n) is 3.08. The zero-order valence-electron chi connectivity index (χ0n) is 9.54. The Bertz CT molecular complexity index is 282. The first-order valence-corrected chi connectivity index (χ1v) is 5.26. The SMILES string of the molecule is CC1(C)CC(CC(F)(F)CN)CN1C(=O)O. The molecule has 0 radical (unpaired) electrons. The zero-order chi connectivity index (χ0) is 12.6. The first-order valence-electron chi connectivity index (χ1n) is 5.26. The van der Waals surface area contributed by atoms with Crippen LogP contribution in [-0.2, 0) is 0 Å². The summed E-state index contributed by atoms with van der Waals surface area (Å²) >= 11 is 0. The van der Waals surface area contributed by atoms with Gasteiger partial charge in [0.1, 0.15) is 0 Å². The molecule has 1 atom stereocenters. The van der Waals surface area contributed by atoms with E-state index in [9.17, 15) is 13.6 Å². The van der Waals surface area contributed by atoms with Crippen LogP contribution < -0.4 is 5.73 Å². The van der Waals surface area contributed by atoms with Gasteiger partial charge in [-0.1, -0.05) is 0 Å². The number of carboxylic acid groups (broad SMARTS) is 1. The molecule has 1 aliphatic rings. The minimum atomic E-state index is -2.89. The Hall–Kier alpha value is -0.910. The van der Waals surface area contributed by atoms with Crippen LogP contribution in [-0.4, -0.2) is 40.7 Å². The smallest absolute Gasteiger partial charge is 0.407 e. The molecule has 1 fully saturated rings. The lowest BCUT2D eigenvalue weighted by atomic mass is 9.92. The number of nitrogens with two attached hydrogens (primary N) is 1. The molecule has 0 aliphatic carbocycles. The second kappa shape index (κ2) is 4.16. The average Bonchev–Trinajstić information content (AvgIpc) is 2.40. The minimum Gasteiger partial charge on any atom is -0.465 e. The maximum atomic E-state index is 13.1. The molecule has 1 amide bonds. The second-order valence-corrected chi connectivity index (χ2v) is 5.04. The van der Waals surface area contributed by atoms with E-state index in [2.05, 4.69) is 0 Å². The number of carbonyl (C=O) groups is 1. The molecule has 16 heavy (non-hydrogen) atoms. The normalized spacial score (nSPS) is 24.8. The molecule has 0 aromatic heterocycles. The quantitative estimate of drug-likeness (QED) is 0.784. The second-order valence-electron chi connectivity index (χ2n) is 5.04. The van der Waals surface area contributed by atoms with Crippen molar-refractivity contribution in [2.45, 2.75) is 38.2 Å². The lowest BCUT2D eigenvalue weighted by Crippen LogP contribution is -2.41. The number of rotatable bonds is 3. The predicted octanol–water partition coefficient (Wildman–Crippen LogP) is 1.75. The van der Waals surface area contributed by atoms with E-state index in [0.29, 0.717) is 6.42 Å². The zero-order valence-corrected chi connectivity index (χ0v) is 9.54. The van der Waals surface area contributed by atoms with Crippen LogP contribution in [0.2, 0.25) is 0 Å². The minimum absolute atomic E-state index is 0.165. The van der Waals surface area contributed by atoms with Crippen molar-refractivity contribution in [3.05, 3.63) is 0 Å². The maximum Gasteiger partial charge on any atom is 0.407 e. The molecule has 6 heteroatoms. The van der Waals surface area contributed by atoms with Crippen molar-refractivity contribution >= 4 is 6.09 Å². The molecule has 1 rings (SSSR count). The summed E-state index contributed by atoms with van der Waals surface area (Å²) in [5.41, 5.74) is 4.40. The summed E-state index contributed by atoms with van der Waals surface area (Å²) in [5.74, 6) is -3.21. The highest BCUT2D eigenvalue weighted by atomic mass is 19.3. The van der Waals surface area contributed by atoms with Crippen molar-refractivity contribution in [2.75, 3.05) is 13.1 Å². The molecule has 0 aromatic rings. The molecule has 1 unspecified atom stereocenters. The van der Waals surface area contributed by atoms with Gasteiger partial charge in [0.05, 0.1) is 6.54 Å². The van der Waals surface area contributed by atoms with E-state index >= 15 is 0 Å². The number of halogens is 2. The molecule has 0 saturated carbocycles. The number of hydrogen-bond acceptors (Lipinski definition) is 2. The van der Waals surface area contributed by atoms with Gasteiger partial charge >= 0.3 is 6.09 Å². The van der Waals surface area contributed by atoms with E-state index in [-0.39, 0.29) is 18.9 Å². The molecule has 1 heterocycles. The summed E-state index contributed by atoms with van der Waals surface area (Å²) in [4.78, 5) is 12.1. The Morgan fingerprint density at radius 2 is 2.19 bits per heavy atom. The number of likely N-dealkylation sites (tertiary alicyclic amines) is 1. The van der Waals surface area contributed by atoms with Crippen molar-refractivity contribution < 1.29 is 18.7 Å². The van der Waals surface area contributed by atoms with Crippen LogP contribution in [0.4, 0.5) is 13.6 Å². The van der Waals surface area contributed by atoms with Gasteiger partial charge in [0.15, 0.2) is 0 Å². The van der Waals surface area contributed by atoms with Crippen LogP contribution in [0.1, 0.15) is 26.7 Å².